The first-order chi connectivity index (χ1) is 15.5. The Balaban J connectivity index is 1.61. The highest BCUT2D eigenvalue weighted by Crippen LogP contribution is 2.49. The summed E-state index contributed by atoms with van der Waals surface area (Å²) >= 11 is 0. The molecule has 7 nitrogen and oxygen atoms in total. The molecule has 1 N–H and O–H groups in total. The summed E-state index contributed by atoms with van der Waals surface area (Å²) < 4.78 is 15.1. The van der Waals surface area contributed by atoms with Crippen LogP contribution in [0.4, 0.5) is 4.39 Å². The Kier molecular flexibility index (Phi) is 5.33. The number of aliphatic hydroxyl groups excluding tert-OH is 1. The maximum Gasteiger partial charge on any atom is 0.254 e. The molecule has 4 heterocycles. The minimum absolute atomic E-state index is 0.0714. The Morgan fingerprint density at radius 2 is 1.75 bits per heavy atom. The molecule has 0 radical (unpaired) electrons. The van der Waals surface area contributed by atoms with Crippen molar-refractivity contribution in [3.8, 4) is 0 Å². The monoisotopic (exact) mass is 439 g/mol. The number of aromatic nitrogens is 1. The van der Waals surface area contributed by atoms with Crippen LogP contribution in [0.1, 0.15) is 41.4 Å². The highest BCUT2D eigenvalue weighted by Gasteiger charge is 2.58. The first-order valence-corrected chi connectivity index (χ1v) is 11.2. The van der Waals surface area contributed by atoms with Gasteiger partial charge in [0.05, 0.1) is 18.0 Å². The largest absolute Gasteiger partial charge is 0.396 e. The Morgan fingerprint density at radius 3 is 2.44 bits per heavy atom. The molecule has 4 atom stereocenters. The number of rotatable bonds is 3. The third-order valence-electron chi connectivity index (χ3n) is 7.20. The second-order valence-electron chi connectivity index (χ2n) is 8.89. The third kappa shape index (κ3) is 3.24. The molecule has 168 valence electrons. The summed E-state index contributed by atoms with van der Waals surface area (Å²) in [5.74, 6) is -1.96. The molecule has 5 rings (SSSR count). The normalized spacial score (nSPS) is 26.7. The zero-order valence-corrected chi connectivity index (χ0v) is 17.7. The van der Waals surface area contributed by atoms with Crippen molar-refractivity contribution >= 4 is 11.8 Å². The van der Waals surface area contributed by atoms with Crippen molar-refractivity contribution in [2.75, 3.05) is 19.7 Å². The average Bonchev–Trinajstić information content (AvgIpc) is 3.06. The number of amides is 2. The van der Waals surface area contributed by atoms with E-state index in [-0.39, 0.29) is 30.5 Å². The van der Waals surface area contributed by atoms with Gasteiger partial charge in [0.2, 0.25) is 5.91 Å². The van der Waals surface area contributed by atoms with Gasteiger partial charge in [-0.15, -0.1) is 0 Å². The van der Waals surface area contributed by atoms with Gasteiger partial charge in [-0.1, -0.05) is 6.07 Å². The van der Waals surface area contributed by atoms with Gasteiger partial charge in [-0.25, -0.2) is 4.39 Å². The van der Waals surface area contributed by atoms with Crippen LogP contribution in [-0.4, -0.2) is 57.0 Å². The van der Waals surface area contributed by atoms with Gasteiger partial charge in [0, 0.05) is 49.5 Å². The topological polar surface area (TPSA) is 82.8 Å². The summed E-state index contributed by atoms with van der Waals surface area (Å²) in [5.41, 5.74) is 0.737. The second kappa shape index (κ2) is 8.16. The van der Waals surface area contributed by atoms with Crippen LogP contribution in [0.2, 0.25) is 0 Å². The van der Waals surface area contributed by atoms with Crippen LogP contribution in [0, 0.1) is 17.7 Å². The molecule has 0 spiro atoms. The molecule has 2 bridgehead atoms. The number of hydrogen-bond donors (Lipinski definition) is 1. The molecular weight excluding hydrogens is 413 g/mol. The van der Waals surface area contributed by atoms with E-state index >= 15 is 0 Å². The summed E-state index contributed by atoms with van der Waals surface area (Å²) in [6.45, 7) is 1.28. The van der Waals surface area contributed by atoms with Crippen molar-refractivity contribution in [3.05, 3.63) is 69.9 Å². The number of aliphatic hydroxyl groups is 1. The van der Waals surface area contributed by atoms with Crippen LogP contribution < -0.4 is 5.56 Å². The lowest BCUT2D eigenvalue weighted by Crippen LogP contribution is -2.49. The second-order valence-corrected chi connectivity index (χ2v) is 8.89. The molecule has 2 fully saturated rings. The smallest absolute Gasteiger partial charge is 0.254 e. The van der Waals surface area contributed by atoms with Crippen molar-refractivity contribution < 1.29 is 19.1 Å². The molecule has 3 aliphatic rings. The van der Waals surface area contributed by atoms with Gasteiger partial charge in [0.25, 0.3) is 11.5 Å². The lowest BCUT2D eigenvalue weighted by Gasteiger charge is -2.38. The fourth-order valence-electron chi connectivity index (χ4n) is 5.68. The van der Waals surface area contributed by atoms with Gasteiger partial charge in [-0.05, 0) is 49.6 Å². The predicted octanol–water partition coefficient (Wildman–Crippen LogP) is 1.80. The van der Waals surface area contributed by atoms with E-state index in [0.717, 1.165) is 19.3 Å². The quantitative estimate of drug-likeness (QED) is 0.791. The Bertz CT molecular complexity index is 1090. The highest BCUT2D eigenvalue weighted by molar-refractivity contribution is 5.96. The summed E-state index contributed by atoms with van der Waals surface area (Å²) in [4.78, 5) is 43.4. The van der Waals surface area contributed by atoms with Crippen LogP contribution in [0.3, 0.4) is 0 Å². The SMILES string of the molecule is O=C([C@H]1[C@H](CO)[C@H]2Cn3c(cccc3=O)[C@@H]1N2C(=O)c1ccc(F)cc1)N1CCCCC1. The summed E-state index contributed by atoms with van der Waals surface area (Å²) in [6.07, 6.45) is 2.95. The van der Waals surface area contributed by atoms with Gasteiger partial charge in [0.1, 0.15) is 5.82 Å². The molecule has 8 heteroatoms. The van der Waals surface area contributed by atoms with Gasteiger partial charge in [0.15, 0.2) is 0 Å². The van der Waals surface area contributed by atoms with E-state index in [1.54, 1.807) is 21.6 Å². The van der Waals surface area contributed by atoms with Gasteiger partial charge in [-0.2, -0.15) is 0 Å². The van der Waals surface area contributed by atoms with Crippen LogP contribution in [-0.2, 0) is 11.3 Å². The first kappa shape index (κ1) is 20.9. The molecule has 1 aromatic carbocycles. The number of nitrogens with zero attached hydrogens (tertiary/aromatic N) is 3. The van der Waals surface area contributed by atoms with E-state index in [1.165, 1.54) is 30.3 Å². The van der Waals surface area contributed by atoms with Crippen LogP contribution in [0.25, 0.3) is 0 Å². The number of pyridine rings is 1. The van der Waals surface area contributed by atoms with E-state index < -0.39 is 29.7 Å². The zero-order chi connectivity index (χ0) is 22.4. The van der Waals surface area contributed by atoms with Crippen molar-refractivity contribution in [2.45, 2.75) is 37.9 Å². The first-order valence-electron chi connectivity index (χ1n) is 11.2. The number of piperidine rings is 1. The van der Waals surface area contributed by atoms with Crippen molar-refractivity contribution in [1.82, 2.24) is 14.4 Å². The number of carbonyl (C=O) groups excluding carboxylic acids is 2. The summed E-state index contributed by atoms with van der Waals surface area (Å²) in [5, 5.41) is 10.3. The zero-order valence-electron chi connectivity index (χ0n) is 17.7. The van der Waals surface area contributed by atoms with Crippen LogP contribution in [0.5, 0.6) is 0 Å². The highest BCUT2D eigenvalue weighted by atomic mass is 19.1. The number of benzene rings is 1. The molecule has 3 aliphatic heterocycles. The molecule has 0 saturated carbocycles. The Morgan fingerprint density at radius 1 is 1.03 bits per heavy atom. The third-order valence-corrected chi connectivity index (χ3v) is 7.20. The van der Waals surface area contributed by atoms with E-state index in [0.29, 0.717) is 24.3 Å². The molecule has 32 heavy (non-hydrogen) atoms. The van der Waals surface area contributed by atoms with Crippen LogP contribution >= 0.6 is 0 Å². The van der Waals surface area contributed by atoms with Gasteiger partial charge in [-0.3, -0.25) is 14.4 Å². The van der Waals surface area contributed by atoms with Gasteiger partial charge >= 0.3 is 0 Å². The number of carbonyl (C=O) groups is 2. The fourth-order valence-corrected chi connectivity index (χ4v) is 5.68. The van der Waals surface area contributed by atoms with Crippen LogP contribution in [0.15, 0.2) is 47.3 Å². The van der Waals surface area contributed by atoms with E-state index in [9.17, 15) is 23.9 Å². The van der Waals surface area contributed by atoms with Gasteiger partial charge < -0.3 is 19.5 Å². The number of halogens is 1. The molecule has 0 unspecified atom stereocenters. The van der Waals surface area contributed by atoms with E-state index in [2.05, 4.69) is 0 Å². The molecule has 2 amide bonds. The molecule has 2 saturated heterocycles. The minimum atomic E-state index is -0.660. The van der Waals surface area contributed by atoms with E-state index in [1.807, 2.05) is 4.90 Å². The minimum Gasteiger partial charge on any atom is -0.396 e. The average molecular weight is 439 g/mol. The standard InChI is InChI=1S/C24H26FN3O4/c25-16-9-7-15(8-10-16)23(31)28-19-13-27-18(5-4-6-20(27)30)22(28)21(17(19)14-29)24(32)26-11-2-1-3-12-26/h4-10,17,19,21-22,29H,1-3,11-14H2/t17-,19-,21+,22+/m1/s1. The summed E-state index contributed by atoms with van der Waals surface area (Å²) in [6, 6.07) is 9.05. The lowest BCUT2D eigenvalue weighted by molar-refractivity contribution is -0.139. The molecule has 2 aromatic rings. The Labute approximate surface area is 185 Å². The van der Waals surface area contributed by atoms with E-state index in [4.69, 9.17) is 0 Å². The van der Waals surface area contributed by atoms with Crippen molar-refractivity contribution in [3.63, 3.8) is 0 Å². The Hall–Kier alpha value is -3.00. The van der Waals surface area contributed by atoms with Crippen molar-refractivity contribution in [1.29, 1.82) is 0 Å². The lowest BCUT2D eigenvalue weighted by atomic mass is 9.85. The molecular formula is C24H26FN3O4. The maximum absolute atomic E-state index is 13.7. The number of fused-ring (bicyclic) bond motifs is 4. The van der Waals surface area contributed by atoms with Crippen molar-refractivity contribution in [2.24, 2.45) is 11.8 Å². The summed E-state index contributed by atoms with van der Waals surface area (Å²) in [7, 11) is 0. The maximum atomic E-state index is 13.7. The molecule has 1 aromatic heterocycles. The number of hydrogen-bond acceptors (Lipinski definition) is 4. The molecule has 0 aliphatic carbocycles. The number of likely N-dealkylation sites (tertiary alicyclic amines) is 1. The fraction of sp³-hybridized carbons (Fsp3) is 0.458. The predicted molar refractivity (Wildman–Crippen MR) is 114 cm³/mol.